The minimum absolute atomic E-state index is 0. The summed E-state index contributed by atoms with van der Waals surface area (Å²) in [6.45, 7) is 4.83. The zero-order valence-electron chi connectivity index (χ0n) is 14.8. The molecule has 2 N–H and O–H groups in total. The zero-order chi connectivity index (χ0) is 17.4. The van der Waals surface area contributed by atoms with E-state index in [9.17, 15) is 9.18 Å². The number of amides is 1. The Balaban J connectivity index is 0.00000312. The van der Waals surface area contributed by atoms with Gasteiger partial charge in [0.25, 0.3) is 0 Å². The number of rotatable bonds is 8. The van der Waals surface area contributed by atoms with E-state index in [1.807, 2.05) is 0 Å². The second-order valence-electron chi connectivity index (χ2n) is 6.30. The smallest absolute Gasteiger partial charge is 0.224 e. The van der Waals surface area contributed by atoms with Crippen LogP contribution in [0.1, 0.15) is 26.2 Å². The van der Waals surface area contributed by atoms with Crippen LogP contribution in [0, 0.1) is 17.7 Å². The number of benzene rings is 1. The monoisotopic (exact) mass is 374 g/mol. The number of hydrogen-bond donors (Lipinski definition) is 2. The first-order chi connectivity index (χ1) is 11.6. The molecule has 1 aromatic rings. The molecule has 0 saturated carbocycles. The van der Waals surface area contributed by atoms with Crippen molar-refractivity contribution in [2.45, 2.75) is 26.2 Å². The first-order valence-corrected chi connectivity index (χ1v) is 8.52. The number of piperidine rings is 1. The van der Waals surface area contributed by atoms with Gasteiger partial charge in [-0.3, -0.25) is 4.79 Å². The summed E-state index contributed by atoms with van der Waals surface area (Å²) in [6.07, 6.45) is 2.67. The number of carbonyl (C=O) groups is 1. The van der Waals surface area contributed by atoms with Crippen LogP contribution in [0.25, 0.3) is 0 Å². The summed E-state index contributed by atoms with van der Waals surface area (Å²) < 4.78 is 24.1. The predicted octanol–water partition coefficient (Wildman–Crippen LogP) is 3.24. The van der Waals surface area contributed by atoms with Gasteiger partial charge in [0.2, 0.25) is 5.91 Å². The third kappa shape index (κ3) is 7.18. The van der Waals surface area contributed by atoms with Crippen molar-refractivity contribution in [1.82, 2.24) is 5.32 Å². The maximum atomic E-state index is 14.0. The molecule has 25 heavy (non-hydrogen) atoms. The van der Waals surface area contributed by atoms with Crippen molar-refractivity contribution in [1.29, 1.82) is 0 Å². The summed E-state index contributed by atoms with van der Waals surface area (Å²) in [4.78, 5) is 12.2. The van der Waals surface area contributed by atoms with Gasteiger partial charge in [0.1, 0.15) is 6.61 Å². The van der Waals surface area contributed by atoms with E-state index in [2.05, 4.69) is 17.6 Å². The van der Waals surface area contributed by atoms with Crippen LogP contribution in [-0.4, -0.2) is 39.3 Å². The number of nitrogens with one attached hydrogen (secondary N) is 2. The molecule has 7 heteroatoms. The molecule has 0 aliphatic carbocycles. The molecule has 142 valence electrons. The van der Waals surface area contributed by atoms with Gasteiger partial charge in [-0.15, -0.1) is 12.4 Å². The van der Waals surface area contributed by atoms with E-state index < -0.39 is 5.82 Å². The molecule has 1 amide bonds. The molecule has 1 atom stereocenters. The van der Waals surface area contributed by atoms with Crippen LogP contribution < -0.4 is 15.4 Å². The van der Waals surface area contributed by atoms with Crippen molar-refractivity contribution < 1.29 is 18.7 Å². The lowest BCUT2D eigenvalue weighted by atomic mass is 9.84. The number of halogens is 2. The molecule has 0 bridgehead atoms. The van der Waals surface area contributed by atoms with Gasteiger partial charge in [-0.25, -0.2) is 4.39 Å². The Morgan fingerprint density at radius 3 is 2.72 bits per heavy atom. The van der Waals surface area contributed by atoms with E-state index in [4.69, 9.17) is 9.47 Å². The van der Waals surface area contributed by atoms with Crippen molar-refractivity contribution in [3.8, 4) is 5.75 Å². The molecule has 1 unspecified atom stereocenters. The first kappa shape index (κ1) is 21.7. The standard InChI is InChI=1S/C18H27FN2O3.ClH/c1-13(14-5-7-20-8-6-14)11-18(22)21-15-3-4-17(16(19)12-15)24-10-9-23-2;/h3-4,12-14,20H,5-11H2,1-2H3,(H,21,22);1H. The van der Waals surface area contributed by atoms with Crippen LogP contribution in [-0.2, 0) is 9.53 Å². The van der Waals surface area contributed by atoms with Crippen molar-refractivity contribution in [2.24, 2.45) is 11.8 Å². The fraction of sp³-hybridized carbons (Fsp3) is 0.611. The molecule has 1 fully saturated rings. The van der Waals surface area contributed by atoms with Gasteiger partial charge >= 0.3 is 0 Å². The van der Waals surface area contributed by atoms with Crippen LogP contribution in [0.4, 0.5) is 10.1 Å². The lowest BCUT2D eigenvalue weighted by molar-refractivity contribution is -0.117. The van der Waals surface area contributed by atoms with E-state index in [1.165, 1.54) is 12.1 Å². The predicted molar refractivity (Wildman–Crippen MR) is 99.0 cm³/mol. The fourth-order valence-electron chi connectivity index (χ4n) is 3.02. The van der Waals surface area contributed by atoms with Gasteiger partial charge in [0, 0.05) is 25.3 Å². The Bertz CT molecular complexity index is 539. The molecule has 1 aromatic carbocycles. The van der Waals surface area contributed by atoms with Gasteiger partial charge in [-0.1, -0.05) is 6.92 Å². The van der Waals surface area contributed by atoms with E-state index in [0.29, 0.717) is 30.6 Å². The Labute approximate surface area is 155 Å². The third-order valence-corrected chi connectivity index (χ3v) is 4.46. The molecule has 0 radical (unpaired) electrons. The number of hydrogen-bond acceptors (Lipinski definition) is 4. The maximum absolute atomic E-state index is 14.0. The molecular weight excluding hydrogens is 347 g/mol. The fourth-order valence-corrected chi connectivity index (χ4v) is 3.02. The van der Waals surface area contributed by atoms with Crippen LogP contribution in [0.5, 0.6) is 5.75 Å². The summed E-state index contributed by atoms with van der Waals surface area (Å²) >= 11 is 0. The quantitative estimate of drug-likeness (QED) is 0.686. The number of anilines is 1. The number of methoxy groups -OCH3 is 1. The summed E-state index contributed by atoms with van der Waals surface area (Å²) in [5, 5.41) is 6.10. The highest BCUT2D eigenvalue weighted by atomic mass is 35.5. The van der Waals surface area contributed by atoms with Crippen molar-refractivity contribution >= 4 is 24.0 Å². The average molecular weight is 375 g/mol. The highest BCUT2D eigenvalue weighted by Crippen LogP contribution is 2.25. The molecule has 0 aromatic heterocycles. The Hall–Kier alpha value is -1.37. The molecule has 5 nitrogen and oxygen atoms in total. The number of carbonyl (C=O) groups excluding carboxylic acids is 1. The van der Waals surface area contributed by atoms with Crippen LogP contribution >= 0.6 is 12.4 Å². The largest absolute Gasteiger partial charge is 0.488 e. The van der Waals surface area contributed by atoms with Gasteiger partial charge in [0.15, 0.2) is 11.6 Å². The third-order valence-electron chi connectivity index (χ3n) is 4.46. The van der Waals surface area contributed by atoms with E-state index in [-0.39, 0.29) is 30.7 Å². The highest BCUT2D eigenvalue weighted by molar-refractivity contribution is 5.90. The van der Waals surface area contributed by atoms with Crippen molar-refractivity contribution in [3.05, 3.63) is 24.0 Å². The zero-order valence-corrected chi connectivity index (χ0v) is 15.7. The van der Waals surface area contributed by atoms with Crippen LogP contribution in [0.3, 0.4) is 0 Å². The van der Waals surface area contributed by atoms with Gasteiger partial charge in [0.05, 0.1) is 6.61 Å². The summed E-state index contributed by atoms with van der Waals surface area (Å²) in [7, 11) is 1.56. The van der Waals surface area contributed by atoms with E-state index in [1.54, 1.807) is 13.2 Å². The van der Waals surface area contributed by atoms with Gasteiger partial charge < -0.3 is 20.1 Å². The molecule has 2 rings (SSSR count). The van der Waals surface area contributed by atoms with E-state index >= 15 is 0 Å². The topological polar surface area (TPSA) is 59.6 Å². The lowest BCUT2D eigenvalue weighted by Gasteiger charge is -2.27. The Kier molecular flexibility index (Phi) is 9.78. The van der Waals surface area contributed by atoms with Gasteiger partial charge in [-0.05, 0) is 49.9 Å². The minimum Gasteiger partial charge on any atom is -0.488 e. The highest BCUT2D eigenvalue weighted by Gasteiger charge is 2.22. The molecule has 1 aliphatic rings. The summed E-state index contributed by atoms with van der Waals surface area (Å²) in [5.74, 6) is 0.496. The second kappa shape index (κ2) is 11.3. The van der Waals surface area contributed by atoms with Crippen LogP contribution in [0.15, 0.2) is 18.2 Å². The number of ether oxygens (including phenoxy) is 2. The summed E-state index contributed by atoms with van der Waals surface area (Å²) in [5.41, 5.74) is 0.453. The van der Waals surface area contributed by atoms with Crippen molar-refractivity contribution in [2.75, 3.05) is 38.7 Å². The summed E-state index contributed by atoms with van der Waals surface area (Å²) in [6, 6.07) is 4.46. The lowest BCUT2D eigenvalue weighted by Crippen LogP contribution is -2.32. The Morgan fingerprint density at radius 1 is 1.36 bits per heavy atom. The second-order valence-corrected chi connectivity index (χ2v) is 6.30. The molecule has 1 aliphatic heterocycles. The van der Waals surface area contributed by atoms with E-state index in [0.717, 1.165) is 25.9 Å². The minimum atomic E-state index is -0.490. The Morgan fingerprint density at radius 2 is 2.08 bits per heavy atom. The van der Waals surface area contributed by atoms with Crippen LogP contribution in [0.2, 0.25) is 0 Å². The first-order valence-electron chi connectivity index (χ1n) is 8.52. The normalized spacial score (nSPS) is 16.0. The molecular formula is C18H28ClFN2O3. The molecule has 1 heterocycles. The average Bonchev–Trinajstić information content (AvgIpc) is 2.57. The molecule has 0 spiro atoms. The maximum Gasteiger partial charge on any atom is 0.224 e. The van der Waals surface area contributed by atoms with Crippen molar-refractivity contribution in [3.63, 3.8) is 0 Å². The molecule has 1 saturated heterocycles. The van der Waals surface area contributed by atoms with Gasteiger partial charge in [-0.2, -0.15) is 0 Å². The SMILES string of the molecule is COCCOc1ccc(NC(=O)CC(C)C2CCNCC2)cc1F.Cl.